The summed E-state index contributed by atoms with van der Waals surface area (Å²) in [6.45, 7) is 22.4. The van der Waals surface area contributed by atoms with E-state index >= 15 is 0 Å². The van der Waals surface area contributed by atoms with E-state index in [9.17, 15) is 0 Å². The summed E-state index contributed by atoms with van der Waals surface area (Å²) in [6, 6.07) is 19.4. The van der Waals surface area contributed by atoms with Crippen molar-refractivity contribution in [1.82, 2.24) is 4.98 Å². The van der Waals surface area contributed by atoms with E-state index in [0.29, 0.717) is 23.7 Å². The zero-order chi connectivity index (χ0) is 28.0. The van der Waals surface area contributed by atoms with Crippen LogP contribution in [0, 0.1) is 5.92 Å². The number of pyridine rings is 1. The zero-order valence-electron chi connectivity index (χ0n) is 25.2. The van der Waals surface area contributed by atoms with Gasteiger partial charge in [0.1, 0.15) is 0 Å². The Bertz CT molecular complexity index is 1130. The Labute approximate surface area is 231 Å². The van der Waals surface area contributed by atoms with Crippen LogP contribution in [0.25, 0.3) is 0 Å². The van der Waals surface area contributed by atoms with E-state index in [-0.39, 0.29) is 5.92 Å². The van der Waals surface area contributed by atoms with Gasteiger partial charge >= 0.3 is 0 Å². The summed E-state index contributed by atoms with van der Waals surface area (Å²) < 4.78 is 0. The smallest absolute Gasteiger partial charge is 0.0698 e. The Morgan fingerprint density at radius 3 is 1.29 bits per heavy atom. The van der Waals surface area contributed by atoms with Crippen molar-refractivity contribution in [3.8, 4) is 0 Å². The van der Waals surface area contributed by atoms with Crippen molar-refractivity contribution in [3.63, 3.8) is 0 Å². The summed E-state index contributed by atoms with van der Waals surface area (Å²) in [5.41, 5.74) is 10.7. The lowest BCUT2D eigenvalue weighted by Gasteiger charge is -2.22. The van der Waals surface area contributed by atoms with Crippen molar-refractivity contribution >= 4 is 22.8 Å². The van der Waals surface area contributed by atoms with Crippen LogP contribution in [0.15, 0.2) is 70.8 Å². The average Bonchev–Trinajstić information content (AvgIpc) is 2.87. The lowest BCUT2D eigenvalue weighted by molar-refractivity contribution is 0.822. The first-order valence-corrected chi connectivity index (χ1v) is 14.3. The molecule has 38 heavy (non-hydrogen) atoms. The monoisotopic (exact) mass is 509 g/mol. The highest BCUT2D eigenvalue weighted by Crippen LogP contribution is 2.37. The van der Waals surface area contributed by atoms with Gasteiger partial charge in [-0.1, -0.05) is 97.9 Å². The van der Waals surface area contributed by atoms with Gasteiger partial charge in [0.05, 0.1) is 11.4 Å². The first kappa shape index (κ1) is 29.5. The third-order valence-electron chi connectivity index (χ3n) is 7.41. The molecule has 0 fully saturated rings. The van der Waals surface area contributed by atoms with Gasteiger partial charge in [0.2, 0.25) is 0 Å². The summed E-state index contributed by atoms with van der Waals surface area (Å²) in [5, 5.41) is 0. The van der Waals surface area contributed by atoms with E-state index < -0.39 is 0 Å². The van der Waals surface area contributed by atoms with Crippen molar-refractivity contribution in [2.24, 2.45) is 15.9 Å². The Kier molecular flexibility index (Phi) is 10.2. The van der Waals surface area contributed by atoms with Gasteiger partial charge in [-0.3, -0.25) is 15.0 Å². The van der Waals surface area contributed by atoms with Crippen LogP contribution in [0.4, 0.5) is 11.4 Å². The molecule has 0 radical (unpaired) electrons. The Morgan fingerprint density at radius 2 is 0.974 bits per heavy atom. The summed E-state index contributed by atoms with van der Waals surface area (Å²) in [4.78, 5) is 15.4. The largest absolute Gasteiger partial charge is 0.261 e. The van der Waals surface area contributed by atoms with Gasteiger partial charge in [0, 0.05) is 35.7 Å². The number of nitrogens with zero attached hydrogens (tertiary/aromatic N) is 3. The minimum atomic E-state index is 0.0466. The highest BCUT2D eigenvalue weighted by Gasteiger charge is 2.22. The fourth-order valence-electron chi connectivity index (χ4n) is 5.12. The second kappa shape index (κ2) is 13.1. The molecule has 0 aliphatic rings. The Balaban J connectivity index is 2.21. The zero-order valence-corrected chi connectivity index (χ0v) is 25.2. The molecule has 0 aliphatic carbocycles. The molecular weight excluding hydrogens is 462 g/mol. The normalized spacial score (nSPS) is 13.7. The van der Waals surface area contributed by atoms with E-state index in [0.717, 1.165) is 34.9 Å². The molecule has 3 rings (SSSR count). The van der Waals surface area contributed by atoms with Gasteiger partial charge < -0.3 is 0 Å². The van der Waals surface area contributed by atoms with Crippen molar-refractivity contribution in [2.45, 2.75) is 99.3 Å². The maximum Gasteiger partial charge on any atom is 0.0698 e. The maximum absolute atomic E-state index is 5.38. The molecular formula is C35H47N3. The van der Waals surface area contributed by atoms with Gasteiger partial charge in [0.25, 0.3) is 0 Å². The second-order valence-corrected chi connectivity index (χ2v) is 11.8. The van der Waals surface area contributed by atoms with E-state index in [1.54, 1.807) is 0 Å². The first-order chi connectivity index (χ1) is 18.0. The fourth-order valence-corrected chi connectivity index (χ4v) is 5.12. The number of aromatic nitrogens is 1. The number of aliphatic imine (C=N–C) groups is 2. The van der Waals surface area contributed by atoms with E-state index in [1.165, 1.54) is 22.3 Å². The lowest BCUT2D eigenvalue weighted by atomic mass is 9.90. The second-order valence-electron chi connectivity index (χ2n) is 11.8. The van der Waals surface area contributed by atoms with Crippen LogP contribution in [-0.2, 0) is 6.42 Å². The summed E-state index contributed by atoms with van der Waals surface area (Å²) in [7, 11) is 0. The standard InChI is InChI=1S/C35H47N3/c1-22(2)29-16-13-17-30(23(3)4)34(29)37-26(9)33(21-28-15-11-12-20-36-28)27(10)38-35-31(24(5)6)18-14-19-32(35)25(7)8/h11-20,22-25,33H,21H2,1-10H3/b37-26+,38-27+. The summed E-state index contributed by atoms with van der Waals surface area (Å²) in [6.07, 6.45) is 2.65. The van der Waals surface area contributed by atoms with Gasteiger partial charge in [-0.2, -0.15) is 0 Å². The molecule has 3 heteroatoms. The highest BCUT2D eigenvalue weighted by atomic mass is 14.8. The predicted octanol–water partition coefficient (Wildman–Crippen LogP) is 10.3. The molecule has 2 aromatic carbocycles. The maximum atomic E-state index is 5.38. The molecule has 0 N–H and O–H groups in total. The minimum Gasteiger partial charge on any atom is -0.261 e. The van der Waals surface area contributed by atoms with E-state index in [1.807, 2.05) is 12.3 Å². The van der Waals surface area contributed by atoms with E-state index in [4.69, 9.17) is 9.98 Å². The van der Waals surface area contributed by atoms with Gasteiger partial charge in [-0.25, -0.2) is 0 Å². The Morgan fingerprint density at radius 1 is 0.579 bits per heavy atom. The molecule has 0 saturated carbocycles. The van der Waals surface area contributed by atoms with Crippen LogP contribution in [-0.4, -0.2) is 16.4 Å². The lowest BCUT2D eigenvalue weighted by Crippen LogP contribution is -2.23. The molecule has 0 aliphatic heterocycles. The third kappa shape index (κ3) is 7.07. The van der Waals surface area contributed by atoms with Crippen LogP contribution in [0.2, 0.25) is 0 Å². The highest BCUT2D eigenvalue weighted by molar-refractivity contribution is 6.07. The van der Waals surface area contributed by atoms with Gasteiger partial charge in [-0.15, -0.1) is 0 Å². The molecule has 202 valence electrons. The topological polar surface area (TPSA) is 37.6 Å². The van der Waals surface area contributed by atoms with Crippen molar-refractivity contribution < 1.29 is 0 Å². The van der Waals surface area contributed by atoms with Gasteiger partial charge in [0.15, 0.2) is 0 Å². The third-order valence-corrected chi connectivity index (χ3v) is 7.41. The Hall–Kier alpha value is -3.07. The van der Waals surface area contributed by atoms with Crippen LogP contribution in [0.1, 0.15) is 121 Å². The average molecular weight is 510 g/mol. The molecule has 0 spiro atoms. The van der Waals surface area contributed by atoms with Crippen molar-refractivity contribution in [3.05, 3.63) is 88.7 Å². The molecule has 1 aromatic heterocycles. The number of rotatable bonds is 10. The summed E-state index contributed by atoms with van der Waals surface area (Å²) >= 11 is 0. The summed E-state index contributed by atoms with van der Waals surface area (Å²) in [5.74, 6) is 1.64. The minimum absolute atomic E-state index is 0.0466. The number of benzene rings is 2. The molecule has 3 nitrogen and oxygen atoms in total. The molecule has 0 saturated heterocycles. The van der Waals surface area contributed by atoms with Gasteiger partial charge in [-0.05, 0) is 71.9 Å². The number of hydrogen-bond acceptors (Lipinski definition) is 3. The van der Waals surface area contributed by atoms with Crippen molar-refractivity contribution in [2.75, 3.05) is 0 Å². The molecule has 0 amide bonds. The molecule has 1 heterocycles. The van der Waals surface area contributed by atoms with Crippen LogP contribution >= 0.6 is 0 Å². The molecule has 3 aromatic rings. The SMILES string of the molecule is C/C(=N\c1c(C(C)C)cccc1C(C)C)C(Cc1ccccn1)/C(C)=N/c1c(C(C)C)cccc1C(C)C. The van der Waals surface area contributed by atoms with E-state index in [2.05, 4.69) is 123 Å². The predicted molar refractivity (Wildman–Crippen MR) is 166 cm³/mol. The van der Waals surface area contributed by atoms with Crippen molar-refractivity contribution in [1.29, 1.82) is 0 Å². The number of para-hydroxylation sites is 2. The van der Waals surface area contributed by atoms with Crippen LogP contribution < -0.4 is 0 Å². The fraction of sp³-hybridized carbons (Fsp3) is 0.457. The first-order valence-electron chi connectivity index (χ1n) is 14.3. The number of hydrogen-bond donors (Lipinski definition) is 0. The quantitative estimate of drug-likeness (QED) is 0.250. The molecule has 0 bridgehead atoms. The molecule has 0 atom stereocenters. The molecule has 0 unspecified atom stereocenters. The van der Waals surface area contributed by atoms with Crippen LogP contribution in [0.3, 0.4) is 0 Å². The van der Waals surface area contributed by atoms with Crippen LogP contribution in [0.5, 0.6) is 0 Å².